The molecule has 1 aliphatic rings. The number of nitrogens with zero attached hydrogens (tertiary/aromatic N) is 2. The SMILES string of the molecule is CCCN1CCN(C(=O)Nc2cccc(Cl)c2Cl)CC1. The summed E-state index contributed by atoms with van der Waals surface area (Å²) in [6.45, 7) is 6.58. The molecule has 1 aromatic rings. The van der Waals surface area contributed by atoms with Crippen molar-refractivity contribution < 1.29 is 4.79 Å². The molecule has 2 amide bonds. The van der Waals surface area contributed by atoms with Crippen molar-refractivity contribution in [2.75, 3.05) is 38.0 Å². The first kappa shape index (κ1) is 15.4. The van der Waals surface area contributed by atoms with E-state index in [-0.39, 0.29) is 6.03 Å². The van der Waals surface area contributed by atoms with Gasteiger partial charge in [0.1, 0.15) is 0 Å². The average Bonchev–Trinajstić information content (AvgIpc) is 2.45. The van der Waals surface area contributed by atoms with E-state index >= 15 is 0 Å². The van der Waals surface area contributed by atoms with Crippen molar-refractivity contribution in [2.24, 2.45) is 0 Å². The van der Waals surface area contributed by atoms with Crippen LogP contribution < -0.4 is 5.32 Å². The van der Waals surface area contributed by atoms with E-state index in [9.17, 15) is 4.79 Å². The third-order valence-corrected chi connectivity index (χ3v) is 4.21. The van der Waals surface area contributed by atoms with E-state index in [0.29, 0.717) is 15.7 Å². The first-order valence-electron chi connectivity index (χ1n) is 6.84. The number of carbonyl (C=O) groups excluding carboxylic acids is 1. The number of carbonyl (C=O) groups is 1. The van der Waals surface area contributed by atoms with E-state index in [1.165, 1.54) is 0 Å². The second kappa shape index (κ2) is 7.16. The summed E-state index contributed by atoms with van der Waals surface area (Å²) in [5.41, 5.74) is 0.556. The lowest BCUT2D eigenvalue weighted by Gasteiger charge is -2.34. The predicted octanol–water partition coefficient (Wildman–Crippen LogP) is 3.55. The van der Waals surface area contributed by atoms with Crippen LogP contribution in [0, 0.1) is 0 Å². The Labute approximate surface area is 129 Å². The molecule has 0 aliphatic carbocycles. The molecule has 1 N–H and O–H groups in total. The number of nitrogens with one attached hydrogen (secondary N) is 1. The van der Waals surface area contributed by atoms with Crippen LogP contribution in [0.25, 0.3) is 0 Å². The molecule has 0 unspecified atom stereocenters. The maximum atomic E-state index is 12.2. The maximum absolute atomic E-state index is 12.2. The smallest absolute Gasteiger partial charge is 0.321 e. The van der Waals surface area contributed by atoms with Crippen LogP contribution in [0.4, 0.5) is 10.5 Å². The van der Waals surface area contributed by atoms with Gasteiger partial charge in [0.05, 0.1) is 15.7 Å². The molecule has 0 atom stereocenters. The fourth-order valence-corrected chi connectivity index (χ4v) is 2.63. The van der Waals surface area contributed by atoms with Crippen molar-refractivity contribution in [2.45, 2.75) is 13.3 Å². The second-order valence-electron chi connectivity index (χ2n) is 4.86. The Morgan fingerprint density at radius 3 is 2.60 bits per heavy atom. The summed E-state index contributed by atoms with van der Waals surface area (Å²) in [5, 5.41) is 3.64. The number of amides is 2. The van der Waals surface area contributed by atoms with Crippen LogP contribution in [-0.2, 0) is 0 Å². The molecule has 0 saturated carbocycles. The third kappa shape index (κ3) is 3.78. The number of hydrogen-bond donors (Lipinski definition) is 1. The molecular weight excluding hydrogens is 297 g/mol. The summed E-state index contributed by atoms with van der Waals surface area (Å²) in [7, 11) is 0. The maximum Gasteiger partial charge on any atom is 0.321 e. The summed E-state index contributed by atoms with van der Waals surface area (Å²) >= 11 is 12.0. The Hall–Kier alpha value is -0.970. The van der Waals surface area contributed by atoms with Crippen LogP contribution in [0.3, 0.4) is 0 Å². The zero-order chi connectivity index (χ0) is 14.5. The number of rotatable bonds is 3. The predicted molar refractivity (Wildman–Crippen MR) is 83.8 cm³/mol. The van der Waals surface area contributed by atoms with Crippen molar-refractivity contribution in [1.29, 1.82) is 0 Å². The number of halogens is 2. The minimum atomic E-state index is -0.120. The number of anilines is 1. The van der Waals surface area contributed by atoms with Gasteiger partial charge in [0.25, 0.3) is 0 Å². The van der Waals surface area contributed by atoms with Gasteiger partial charge in [-0.2, -0.15) is 0 Å². The van der Waals surface area contributed by atoms with E-state index in [0.717, 1.165) is 39.1 Å². The normalized spacial score (nSPS) is 16.2. The monoisotopic (exact) mass is 315 g/mol. The lowest BCUT2D eigenvalue weighted by Crippen LogP contribution is -2.50. The fraction of sp³-hybridized carbons (Fsp3) is 0.500. The van der Waals surface area contributed by atoms with E-state index < -0.39 is 0 Å². The van der Waals surface area contributed by atoms with Crippen LogP contribution in [0.2, 0.25) is 10.0 Å². The third-order valence-electron chi connectivity index (χ3n) is 3.39. The quantitative estimate of drug-likeness (QED) is 0.925. The van der Waals surface area contributed by atoms with E-state index in [1.54, 1.807) is 18.2 Å². The average molecular weight is 316 g/mol. The molecule has 1 aromatic carbocycles. The molecule has 20 heavy (non-hydrogen) atoms. The molecule has 2 rings (SSSR count). The van der Waals surface area contributed by atoms with Crippen LogP contribution in [0.15, 0.2) is 18.2 Å². The van der Waals surface area contributed by atoms with Crippen molar-refractivity contribution in [3.05, 3.63) is 28.2 Å². The Morgan fingerprint density at radius 2 is 1.95 bits per heavy atom. The van der Waals surface area contributed by atoms with Crippen LogP contribution in [0.5, 0.6) is 0 Å². The highest BCUT2D eigenvalue weighted by Crippen LogP contribution is 2.29. The van der Waals surface area contributed by atoms with Gasteiger partial charge in [0, 0.05) is 26.2 Å². The largest absolute Gasteiger partial charge is 0.322 e. The molecule has 0 radical (unpaired) electrons. The van der Waals surface area contributed by atoms with Crippen molar-refractivity contribution in [3.8, 4) is 0 Å². The number of piperazine rings is 1. The highest BCUT2D eigenvalue weighted by atomic mass is 35.5. The van der Waals surface area contributed by atoms with Gasteiger partial charge in [0.15, 0.2) is 0 Å². The Kier molecular flexibility index (Phi) is 5.52. The highest BCUT2D eigenvalue weighted by molar-refractivity contribution is 6.43. The lowest BCUT2D eigenvalue weighted by molar-refractivity contribution is 0.147. The van der Waals surface area contributed by atoms with Gasteiger partial charge in [-0.05, 0) is 25.1 Å². The van der Waals surface area contributed by atoms with Gasteiger partial charge in [-0.1, -0.05) is 36.2 Å². The minimum Gasteiger partial charge on any atom is -0.322 e. The van der Waals surface area contributed by atoms with Crippen LogP contribution in [-0.4, -0.2) is 48.6 Å². The molecule has 1 saturated heterocycles. The van der Waals surface area contributed by atoms with E-state index in [2.05, 4.69) is 17.1 Å². The fourth-order valence-electron chi connectivity index (χ4n) is 2.29. The number of benzene rings is 1. The minimum absolute atomic E-state index is 0.120. The first-order valence-corrected chi connectivity index (χ1v) is 7.59. The zero-order valence-electron chi connectivity index (χ0n) is 11.5. The summed E-state index contributed by atoms with van der Waals surface area (Å²) < 4.78 is 0. The Bertz CT molecular complexity index is 473. The standard InChI is InChI=1S/C14H19Cl2N3O/c1-2-6-18-7-9-19(10-8-18)14(20)17-12-5-3-4-11(15)13(12)16/h3-5H,2,6-10H2,1H3,(H,17,20). The van der Waals surface area contributed by atoms with Gasteiger partial charge in [-0.15, -0.1) is 0 Å². The van der Waals surface area contributed by atoms with Gasteiger partial charge in [-0.25, -0.2) is 4.79 Å². The van der Waals surface area contributed by atoms with Crippen LogP contribution in [0.1, 0.15) is 13.3 Å². The topological polar surface area (TPSA) is 35.6 Å². The molecular formula is C14H19Cl2N3O. The molecule has 0 aromatic heterocycles. The molecule has 0 bridgehead atoms. The summed E-state index contributed by atoms with van der Waals surface area (Å²) in [6.07, 6.45) is 1.14. The summed E-state index contributed by atoms with van der Waals surface area (Å²) in [5.74, 6) is 0. The van der Waals surface area contributed by atoms with Crippen molar-refractivity contribution in [3.63, 3.8) is 0 Å². The van der Waals surface area contributed by atoms with E-state index in [1.807, 2.05) is 4.90 Å². The number of urea groups is 1. The molecule has 0 spiro atoms. The van der Waals surface area contributed by atoms with Gasteiger partial charge in [0.2, 0.25) is 0 Å². The Morgan fingerprint density at radius 1 is 1.25 bits per heavy atom. The van der Waals surface area contributed by atoms with Crippen LogP contribution >= 0.6 is 23.2 Å². The lowest BCUT2D eigenvalue weighted by atomic mass is 10.3. The molecule has 110 valence electrons. The summed E-state index contributed by atoms with van der Waals surface area (Å²) in [4.78, 5) is 16.4. The molecule has 6 heteroatoms. The first-order chi connectivity index (χ1) is 9.61. The molecule has 1 fully saturated rings. The molecule has 4 nitrogen and oxygen atoms in total. The number of hydrogen-bond acceptors (Lipinski definition) is 2. The Balaban J connectivity index is 1.91. The summed E-state index contributed by atoms with van der Waals surface area (Å²) in [6, 6.07) is 5.09. The molecule has 1 aliphatic heterocycles. The van der Waals surface area contributed by atoms with Gasteiger partial charge in [-0.3, -0.25) is 4.90 Å². The van der Waals surface area contributed by atoms with Crippen molar-refractivity contribution >= 4 is 34.9 Å². The highest BCUT2D eigenvalue weighted by Gasteiger charge is 2.21. The molecule has 1 heterocycles. The van der Waals surface area contributed by atoms with Gasteiger partial charge >= 0.3 is 6.03 Å². The van der Waals surface area contributed by atoms with Crippen molar-refractivity contribution in [1.82, 2.24) is 9.80 Å². The second-order valence-corrected chi connectivity index (χ2v) is 5.65. The van der Waals surface area contributed by atoms with E-state index in [4.69, 9.17) is 23.2 Å². The zero-order valence-corrected chi connectivity index (χ0v) is 13.0. The van der Waals surface area contributed by atoms with Gasteiger partial charge < -0.3 is 10.2 Å².